The van der Waals surface area contributed by atoms with Crippen LogP contribution in [0.4, 0.5) is 0 Å². The molecule has 1 fully saturated rings. The smallest absolute Gasteiger partial charge is 0.0896 e. The van der Waals surface area contributed by atoms with Gasteiger partial charge in [-0.1, -0.05) is 24.6 Å². The Morgan fingerprint density at radius 2 is 1.90 bits per heavy atom. The van der Waals surface area contributed by atoms with Gasteiger partial charge in [-0.15, -0.1) is 0 Å². The molecule has 3 heteroatoms. The average molecular weight is 290 g/mol. The molecule has 1 aliphatic heterocycles. The molecule has 2 unspecified atom stereocenters. The standard InChI is InChI=1S/C18H30N2O/c1-6-7-20-8-9-21-16(12-19-5)18(20)17-14(3)10-13(2)11-15(17)4/h10-11,16,18-19H,6-9,12H2,1-5H3. The Kier molecular flexibility index (Phi) is 5.80. The summed E-state index contributed by atoms with van der Waals surface area (Å²) < 4.78 is 6.10. The van der Waals surface area contributed by atoms with Gasteiger partial charge in [0.15, 0.2) is 0 Å². The Balaban J connectivity index is 2.42. The fourth-order valence-corrected chi connectivity index (χ4v) is 3.72. The molecule has 0 aliphatic carbocycles. The van der Waals surface area contributed by atoms with Crippen molar-refractivity contribution < 1.29 is 4.74 Å². The van der Waals surface area contributed by atoms with Crippen LogP contribution >= 0.6 is 0 Å². The van der Waals surface area contributed by atoms with Crippen LogP contribution in [0.3, 0.4) is 0 Å². The van der Waals surface area contributed by atoms with Crippen LogP contribution in [-0.4, -0.2) is 44.3 Å². The first-order valence-corrected chi connectivity index (χ1v) is 8.16. The van der Waals surface area contributed by atoms with Crippen molar-refractivity contribution in [3.05, 3.63) is 34.4 Å². The van der Waals surface area contributed by atoms with Crippen molar-refractivity contribution in [1.29, 1.82) is 0 Å². The summed E-state index contributed by atoms with van der Waals surface area (Å²) in [6.45, 7) is 12.8. The predicted octanol–water partition coefficient (Wildman–Crippen LogP) is 2.98. The number of hydrogen-bond acceptors (Lipinski definition) is 3. The molecule has 2 atom stereocenters. The number of ether oxygens (including phenoxy) is 1. The molecular formula is C18H30N2O. The molecular weight excluding hydrogens is 260 g/mol. The molecule has 0 aromatic heterocycles. The lowest BCUT2D eigenvalue weighted by Crippen LogP contribution is -2.49. The maximum Gasteiger partial charge on any atom is 0.0896 e. The molecule has 1 aromatic rings. The second-order valence-electron chi connectivity index (χ2n) is 6.26. The number of likely N-dealkylation sites (N-methyl/N-ethyl adjacent to an activating group) is 1. The van der Waals surface area contributed by atoms with E-state index in [1.165, 1.54) is 28.7 Å². The summed E-state index contributed by atoms with van der Waals surface area (Å²) in [4.78, 5) is 2.61. The van der Waals surface area contributed by atoms with Crippen molar-refractivity contribution in [3.8, 4) is 0 Å². The minimum atomic E-state index is 0.232. The van der Waals surface area contributed by atoms with Gasteiger partial charge in [-0.2, -0.15) is 0 Å². The minimum absolute atomic E-state index is 0.232. The molecule has 21 heavy (non-hydrogen) atoms. The maximum atomic E-state index is 6.10. The largest absolute Gasteiger partial charge is 0.374 e. The Hall–Kier alpha value is -0.900. The zero-order chi connectivity index (χ0) is 15.4. The lowest BCUT2D eigenvalue weighted by Gasteiger charge is -2.42. The van der Waals surface area contributed by atoms with Crippen molar-refractivity contribution in [3.63, 3.8) is 0 Å². The molecule has 3 nitrogen and oxygen atoms in total. The molecule has 0 amide bonds. The van der Waals surface area contributed by atoms with Gasteiger partial charge in [-0.05, 0) is 57.5 Å². The Labute approximate surface area is 129 Å². The summed E-state index contributed by atoms with van der Waals surface area (Å²) in [5.41, 5.74) is 5.60. The minimum Gasteiger partial charge on any atom is -0.374 e. The number of aryl methyl sites for hydroxylation is 3. The fourth-order valence-electron chi connectivity index (χ4n) is 3.72. The topological polar surface area (TPSA) is 24.5 Å². The lowest BCUT2D eigenvalue weighted by atomic mass is 9.89. The Bertz CT molecular complexity index is 431. The van der Waals surface area contributed by atoms with Gasteiger partial charge in [0.1, 0.15) is 0 Å². The molecule has 1 aliphatic rings. The van der Waals surface area contributed by atoms with E-state index in [4.69, 9.17) is 4.74 Å². The molecule has 0 bridgehead atoms. The molecule has 1 heterocycles. The van der Waals surface area contributed by atoms with Crippen molar-refractivity contribution in [2.45, 2.75) is 46.3 Å². The molecule has 1 N–H and O–H groups in total. The highest BCUT2D eigenvalue weighted by atomic mass is 16.5. The summed E-state index contributed by atoms with van der Waals surface area (Å²) in [5.74, 6) is 0. The molecule has 2 rings (SSSR count). The van der Waals surface area contributed by atoms with E-state index in [0.29, 0.717) is 6.04 Å². The quantitative estimate of drug-likeness (QED) is 0.902. The number of hydrogen-bond donors (Lipinski definition) is 1. The summed E-state index contributed by atoms with van der Waals surface area (Å²) in [5, 5.41) is 3.30. The van der Waals surface area contributed by atoms with E-state index >= 15 is 0 Å². The molecule has 1 saturated heterocycles. The van der Waals surface area contributed by atoms with Crippen LogP contribution in [0, 0.1) is 20.8 Å². The van der Waals surface area contributed by atoms with Gasteiger partial charge < -0.3 is 10.1 Å². The van der Waals surface area contributed by atoms with Crippen LogP contribution in [0.5, 0.6) is 0 Å². The zero-order valence-corrected chi connectivity index (χ0v) is 14.2. The van der Waals surface area contributed by atoms with Crippen LogP contribution in [-0.2, 0) is 4.74 Å². The van der Waals surface area contributed by atoms with E-state index in [1.54, 1.807) is 0 Å². The number of rotatable bonds is 5. The molecule has 118 valence electrons. The van der Waals surface area contributed by atoms with E-state index in [-0.39, 0.29) is 6.10 Å². The van der Waals surface area contributed by atoms with Gasteiger partial charge in [0, 0.05) is 13.1 Å². The van der Waals surface area contributed by atoms with E-state index in [2.05, 4.69) is 50.0 Å². The van der Waals surface area contributed by atoms with Gasteiger partial charge in [-0.25, -0.2) is 0 Å². The van der Waals surface area contributed by atoms with Crippen molar-refractivity contribution in [2.24, 2.45) is 0 Å². The number of nitrogens with zero attached hydrogens (tertiary/aromatic N) is 1. The number of benzene rings is 1. The molecule has 1 aromatic carbocycles. The van der Waals surface area contributed by atoms with Crippen LogP contribution in [0.15, 0.2) is 12.1 Å². The second-order valence-corrected chi connectivity index (χ2v) is 6.26. The van der Waals surface area contributed by atoms with Crippen LogP contribution < -0.4 is 5.32 Å². The highest BCUT2D eigenvalue weighted by Crippen LogP contribution is 2.34. The summed E-state index contributed by atoms with van der Waals surface area (Å²) >= 11 is 0. The maximum absolute atomic E-state index is 6.10. The zero-order valence-electron chi connectivity index (χ0n) is 14.2. The van der Waals surface area contributed by atoms with Gasteiger partial charge in [-0.3, -0.25) is 4.90 Å². The summed E-state index contributed by atoms with van der Waals surface area (Å²) in [7, 11) is 2.01. The average Bonchev–Trinajstić information content (AvgIpc) is 2.41. The Morgan fingerprint density at radius 3 is 2.48 bits per heavy atom. The van der Waals surface area contributed by atoms with Crippen molar-refractivity contribution in [2.75, 3.05) is 33.3 Å². The van der Waals surface area contributed by atoms with Crippen LogP contribution in [0.2, 0.25) is 0 Å². The fraction of sp³-hybridized carbons (Fsp3) is 0.667. The molecule has 0 saturated carbocycles. The highest BCUT2D eigenvalue weighted by Gasteiger charge is 2.34. The van der Waals surface area contributed by atoms with Crippen molar-refractivity contribution >= 4 is 0 Å². The third-order valence-corrected chi connectivity index (χ3v) is 4.41. The Morgan fingerprint density at radius 1 is 1.24 bits per heavy atom. The monoisotopic (exact) mass is 290 g/mol. The first kappa shape index (κ1) is 16.5. The first-order valence-electron chi connectivity index (χ1n) is 8.16. The van der Waals surface area contributed by atoms with E-state index in [9.17, 15) is 0 Å². The van der Waals surface area contributed by atoms with Gasteiger partial charge >= 0.3 is 0 Å². The third-order valence-electron chi connectivity index (χ3n) is 4.41. The van der Waals surface area contributed by atoms with Gasteiger partial charge in [0.25, 0.3) is 0 Å². The molecule has 0 spiro atoms. The number of nitrogens with one attached hydrogen (secondary N) is 1. The normalized spacial score (nSPS) is 23.5. The van der Waals surface area contributed by atoms with Gasteiger partial charge in [0.05, 0.1) is 18.8 Å². The predicted molar refractivity (Wildman–Crippen MR) is 88.9 cm³/mol. The summed E-state index contributed by atoms with van der Waals surface area (Å²) in [6, 6.07) is 4.97. The van der Waals surface area contributed by atoms with E-state index in [1.807, 2.05) is 7.05 Å². The summed E-state index contributed by atoms with van der Waals surface area (Å²) in [6.07, 6.45) is 1.42. The van der Waals surface area contributed by atoms with Crippen LogP contribution in [0.25, 0.3) is 0 Å². The molecule has 0 radical (unpaired) electrons. The van der Waals surface area contributed by atoms with Crippen molar-refractivity contribution in [1.82, 2.24) is 10.2 Å². The van der Waals surface area contributed by atoms with E-state index < -0.39 is 0 Å². The highest BCUT2D eigenvalue weighted by molar-refractivity contribution is 5.40. The van der Waals surface area contributed by atoms with Gasteiger partial charge in [0.2, 0.25) is 0 Å². The SMILES string of the molecule is CCCN1CCOC(CNC)C1c1c(C)cc(C)cc1C. The number of morpholine rings is 1. The lowest BCUT2D eigenvalue weighted by molar-refractivity contribution is -0.0708. The first-order chi connectivity index (χ1) is 10.1. The second kappa shape index (κ2) is 7.39. The third kappa shape index (κ3) is 3.65. The van der Waals surface area contributed by atoms with E-state index in [0.717, 1.165) is 26.2 Å². The van der Waals surface area contributed by atoms with Crippen LogP contribution in [0.1, 0.15) is 41.6 Å².